The summed E-state index contributed by atoms with van der Waals surface area (Å²) in [6.07, 6.45) is 5.09. The van der Waals surface area contributed by atoms with Gasteiger partial charge in [-0.25, -0.2) is 0 Å². The Morgan fingerprint density at radius 3 is 2.67 bits per heavy atom. The van der Waals surface area contributed by atoms with Crippen molar-refractivity contribution in [2.45, 2.75) is 38.0 Å². The van der Waals surface area contributed by atoms with Crippen molar-refractivity contribution in [3.8, 4) is 11.4 Å². The maximum atomic E-state index is 12.3. The second-order valence-electron chi connectivity index (χ2n) is 6.69. The molecule has 0 atom stereocenters. The van der Waals surface area contributed by atoms with E-state index in [9.17, 15) is 4.79 Å². The number of piperidine rings is 1. The van der Waals surface area contributed by atoms with Crippen molar-refractivity contribution in [2.75, 3.05) is 13.1 Å². The molecule has 24 heavy (non-hydrogen) atoms. The van der Waals surface area contributed by atoms with E-state index in [1.54, 1.807) is 0 Å². The van der Waals surface area contributed by atoms with E-state index in [2.05, 4.69) is 10.1 Å². The minimum absolute atomic E-state index is 0.232. The van der Waals surface area contributed by atoms with Gasteiger partial charge in [-0.2, -0.15) is 4.98 Å². The quantitative estimate of drug-likeness (QED) is 0.846. The van der Waals surface area contributed by atoms with E-state index in [-0.39, 0.29) is 11.8 Å². The van der Waals surface area contributed by atoms with E-state index in [1.165, 1.54) is 6.42 Å². The van der Waals surface area contributed by atoms with Crippen LogP contribution in [-0.2, 0) is 4.79 Å². The Morgan fingerprint density at radius 1 is 1.21 bits per heavy atom. The van der Waals surface area contributed by atoms with Crippen LogP contribution >= 0.6 is 11.6 Å². The third-order valence-corrected chi connectivity index (χ3v) is 5.37. The Morgan fingerprint density at radius 2 is 2.00 bits per heavy atom. The number of carbonyl (C=O) groups is 1. The van der Waals surface area contributed by atoms with Crippen LogP contribution in [0.25, 0.3) is 11.4 Å². The summed E-state index contributed by atoms with van der Waals surface area (Å²) in [4.78, 5) is 18.9. The van der Waals surface area contributed by atoms with Crippen LogP contribution in [-0.4, -0.2) is 34.0 Å². The molecule has 126 valence electrons. The number of benzene rings is 1. The molecule has 6 heteroatoms. The van der Waals surface area contributed by atoms with Gasteiger partial charge in [0.25, 0.3) is 0 Å². The summed E-state index contributed by atoms with van der Waals surface area (Å²) < 4.78 is 5.47. The number of rotatable bonds is 3. The fraction of sp³-hybridized carbons (Fsp3) is 0.500. The van der Waals surface area contributed by atoms with Gasteiger partial charge >= 0.3 is 0 Å². The summed E-state index contributed by atoms with van der Waals surface area (Å²) in [5.41, 5.74) is 0.857. The lowest BCUT2D eigenvalue weighted by Crippen LogP contribution is -2.43. The van der Waals surface area contributed by atoms with Crippen LogP contribution in [0.15, 0.2) is 28.8 Å². The summed E-state index contributed by atoms with van der Waals surface area (Å²) in [6.45, 7) is 1.57. The van der Waals surface area contributed by atoms with Gasteiger partial charge in [0.1, 0.15) is 0 Å². The van der Waals surface area contributed by atoms with E-state index in [1.807, 2.05) is 29.2 Å². The van der Waals surface area contributed by atoms with Gasteiger partial charge in [-0.15, -0.1) is 0 Å². The van der Waals surface area contributed by atoms with Gasteiger partial charge in [-0.3, -0.25) is 4.79 Å². The molecule has 0 bridgehead atoms. The van der Waals surface area contributed by atoms with Crippen LogP contribution in [0.1, 0.15) is 43.9 Å². The first-order chi connectivity index (χ1) is 11.7. The molecule has 4 rings (SSSR count). The third kappa shape index (κ3) is 3.05. The highest BCUT2D eigenvalue weighted by molar-refractivity contribution is 6.30. The summed E-state index contributed by atoms with van der Waals surface area (Å²) in [7, 11) is 0. The van der Waals surface area contributed by atoms with Gasteiger partial charge < -0.3 is 9.42 Å². The summed E-state index contributed by atoms with van der Waals surface area (Å²) >= 11 is 6.01. The standard InChI is InChI=1S/C18H20ClN3O2/c19-15-6-2-5-14(11-15)16-20-17(24-21-16)12-7-9-22(10-8-12)18(23)13-3-1-4-13/h2,5-6,11-13H,1,3-4,7-10H2. The molecule has 0 unspecified atom stereocenters. The van der Waals surface area contributed by atoms with Crippen molar-refractivity contribution in [2.24, 2.45) is 5.92 Å². The summed E-state index contributed by atoms with van der Waals surface area (Å²) in [5, 5.41) is 4.74. The van der Waals surface area contributed by atoms with Crippen molar-refractivity contribution >= 4 is 17.5 Å². The maximum absolute atomic E-state index is 12.3. The van der Waals surface area contributed by atoms with Crippen LogP contribution in [0.2, 0.25) is 5.02 Å². The minimum atomic E-state index is 0.232. The number of amides is 1. The Kier molecular flexibility index (Phi) is 4.27. The predicted octanol–water partition coefficient (Wildman–Crippen LogP) is 3.90. The highest BCUT2D eigenvalue weighted by Gasteiger charge is 2.33. The predicted molar refractivity (Wildman–Crippen MR) is 90.6 cm³/mol. The molecule has 5 nitrogen and oxygen atoms in total. The highest BCUT2D eigenvalue weighted by atomic mass is 35.5. The van der Waals surface area contributed by atoms with Crippen molar-refractivity contribution in [3.05, 3.63) is 35.2 Å². The lowest BCUT2D eigenvalue weighted by molar-refractivity contribution is -0.139. The SMILES string of the molecule is O=C(C1CCC1)N1CCC(c2nc(-c3cccc(Cl)c3)no2)CC1. The first kappa shape index (κ1) is 15.6. The molecule has 2 aliphatic rings. The highest BCUT2D eigenvalue weighted by Crippen LogP contribution is 2.33. The van der Waals surface area contributed by atoms with Crippen molar-refractivity contribution < 1.29 is 9.32 Å². The number of hydrogen-bond donors (Lipinski definition) is 0. The molecule has 0 spiro atoms. The van der Waals surface area contributed by atoms with E-state index < -0.39 is 0 Å². The molecule has 1 aromatic carbocycles. The molecule has 1 saturated carbocycles. The van der Waals surface area contributed by atoms with Gasteiger partial charge in [-0.1, -0.05) is 35.3 Å². The second kappa shape index (κ2) is 6.55. The topological polar surface area (TPSA) is 59.2 Å². The van der Waals surface area contributed by atoms with Gasteiger partial charge in [0.15, 0.2) is 0 Å². The van der Waals surface area contributed by atoms with Gasteiger partial charge in [0, 0.05) is 35.5 Å². The molecule has 1 saturated heterocycles. The Labute approximate surface area is 146 Å². The van der Waals surface area contributed by atoms with Gasteiger partial charge in [-0.05, 0) is 37.8 Å². The number of carbonyl (C=O) groups excluding carboxylic acids is 1. The fourth-order valence-corrected chi connectivity index (χ4v) is 3.60. The molecular formula is C18H20ClN3O2. The molecule has 1 aliphatic carbocycles. The average Bonchev–Trinajstić information content (AvgIpc) is 3.03. The molecule has 0 radical (unpaired) electrons. The van der Waals surface area contributed by atoms with E-state index in [4.69, 9.17) is 16.1 Å². The molecule has 2 aromatic rings. The molecule has 1 aromatic heterocycles. The third-order valence-electron chi connectivity index (χ3n) is 5.13. The van der Waals surface area contributed by atoms with Crippen LogP contribution in [0.5, 0.6) is 0 Å². The van der Waals surface area contributed by atoms with Crippen LogP contribution in [0.3, 0.4) is 0 Å². The normalized spacial score (nSPS) is 19.3. The molecule has 1 amide bonds. The smallest absolute Gasteiger partial charge is 0.230 e. The number of halogens is 1. The van der Waals surface area contributed by atoms with Crippen LogP contribution < -0.4 is 0 Å². The zero-order valence-electron chi connectivity index (χ0n) is 13.4. The van der Waals surface area contributed by atoms with E-state index in [0.717, 1.165) is 44.3 Å². The molecule has 1 aliphatic heterocycles. The number of aromatic nitrogens is 2. The molecule has 2 heterocycles. The Bertz CT molecular complexity index is 733. The minimum Gasteiger partial charge on any atom is -0.342 e. The Hall–Kier alpha value is -1.88. The second-order valence-corrected chi connectivity index (χ2v) is 7.13. The van der Waals surface area contributed by atoms with Crippen LogP contribution in [0.4, 0.5) is 0 Å². The first-order valence-electron chi connectivity index (χ1n) is 8.59. The summed E-state index contributed by atoms with van der Waals surface area (Å²) in [6, 6.07) is 7.44. The monoisotopic (exact) mass is 345 g/mol. The van der Waals surface area contributed by atoms with Crippen LogP contribution in [0, 0.1) is 5.92 Å². The molecule has 0 N–H and O–H groups in total. The lowest BCUT2D eigenvalue weighted by atomic mass is 9.83. The van der Waals surface area contributed by atoms with Gasteiger partial charge in [0.05, 0.1) is 0 Å². The van der Waals surface area contributed by atoms with Gasteiger partial charge in [0.2, 0.25) is 17.6 Å². The number of nitrogens with zero attached hydrogens (tertiary/aromatic N) is 3. The lowest BCUT2D eigenvalue weighted by Gasteiger charge is -2.35. The van der Waals surface area contributed by atoms with Crippen molar-refractivity contribution in [1.82, 2.24) is 15.0 Å². The molecular weight excluding hydrogens is 326 g/mol. The number of hydrogen-bond acceptors (Lipinski definition) is 4. The zero-order valence-corrected chi connectivity index (χ0v) is 14.2. The number of likely N-dealkylation sites (tertiary alicyclic amines) is 1. The van der Waals surface area contributed by atoms with E-state index >= 15 is 0 Å². The Balaban J connectivity index is 1.40. The maximum Gasteiger partial charge on any atom is 0.230 e. The fourth-order valence-electron chi connectivity index (χ4n) is 3.41. The van der Waals surface area contributed by atoms with Crippen molar-refractivity contribution in [1.29, 1.82) is 0 Å². The van der Waals surface area contributed by atoms with Crippen molar-refractivity contribution in [3.63, 3.8) is 0 Å². The first-order valence-corrected chi connectivity index (χ1v) is 8.97. The molecule has 2 fully saturated rings. The summed E-state index contributed by atoms with van der Waals surface area (Å²) in [5.74, 6) is 2.08. The average molecular weight is 346 g/mol. The van der Waals surface area contributed by atoms with E-state index in [0.29, 0.717) is 22.6 Å². The zero-order chi connectivity index (χ0) is 16.5. The largest absolute Gasteiger partial charge is 0.342 e.